The number of hydrogen-bond donors (Lipinski definition) is 2. The van der Waals surface area contributed by atoms with Crippen LogP contribution in [0.15, 0.2) is 24.3 Å². The number of hydrogen-bond acceptors (Lipinski definition) is 4. The van der Waals surface area contributed by atoms with Gasteiger partial charge in [0.05, 0.1) is 0 Å². The lowest BCUT2D eigenvalue weighted by atomic mass is 9.94. The van der Waals surface area contributed by atoms with Crippen molar-refractivity contribution in [2.24, 2.45) is 5.92 Å². The molecule has 35 heavy (non-hydrogen) atoms. The minimum Gasteiger partial charge on any atom is -0.444 e. The minimum absolute atomic E-state index is 0.0842. The van der Waals surface area contributed by atoms with Crippen LogP contribution < -0.4 is 10.6 Å². The molecule has 0 aliphatic rings. The van der Waals surface area contributed by atoms with Crippen LogP contribution in [0.4, 0.5) is 4.79 Å². The first-order valence-corrected chi connectivity index (χ1v) is 13.0. The topological polar surface area (TPSA) is 87.7 Å². The Morgan fingerprint density at radius 3 is 1.91 bits per heavy atom. The molecule has 0 saturated carbocycles. The number of aryl methyl sites for hydroxylation is 1. The van der Waals surface area contributed by atoms with Crippen LogP contribution in [-0.2, 0) is 20.7 Å². The van der Waals surface area contributed by atoms with Gasteiger partial charge < -0.3 is 20.3 Å². The molecular formula is C28H47N3O4. The lowest BCUT2D eigenvalue weighted by Crippen LogP contribution is -2.57. The molecule has 2 N–H and O–H groups in total. The number of amides is 3. The Kier molecular flexibility index (Phi) is 11.7. The van der Waals surface area contributed by atoms with Crippen molar-refractivity contribution in [1.29, 1.82) is 0 Å². The summed E-state index contributed by atoms with van der Waals surface area (Å²) in [6, 6.07) is 5.87. The first kappa shape index (κ1) is 30.5. The molecule has 0 aliphatic carbocycles. The lowest BCUT2D eigenvalue weighted by molar-refractivity contribution is -0.146. The highest BCUT2D eigenvalue weighted by Crippen LogP contribution is 2.28. The van der Waals surface area contributed by atoms with Crippen LogP contribution in [0.2, 0.25) is 0 Å². The first-order valence-electron chi connectivity index (χ1n) is 13.0. The van der Waals surface area contributed by atoms with Gasteiger partial charge >= 0.3 is 6.09 Å². The summed E-state index contributed by atoms with van der Waals surface area (Å²) in [7, 11) is 0. The Labute approximate surface area is 212 Å². The normalized spacial score (nSPS) is 15.1. The highest BCUT2D eigenvalue weighted by molar-refractivity contribution is 5.92. The van der Waals surface area contributed by atoms with Gasteiger partial charge in [0, 0.05) is 12.1 Å². The third kappa shape index (κ3) is 9.19. The van der Waals surface area contributed by atoms with Crippen LogP contribution >= 0.6 is 0 Å². The van der Waals surface area contributed by atoms with Gasteiger partial charge in [0.25, 0.3) is 0 Å². The Hall–Kier alpha value is -2.57. The molecule has 7 heteroatoms. The summed E-state index contributed by atoms with van der Waals surface area (Å²) in [5.41, 5.74) is 1.21. The van der Waals surface area contributed by atoms with Crippen molar-refractivity contribution < 1.29 is 19.1 Å². The smallest absolute Gasteiger partial charge is 0.408 e. The van der Waals surface area contributed by atoms with Gasteiger partial charge in [-0.1, -0.05) is 58.4 Å². The fraction of sp³-hybridized carbons (Fsp3) is 0.679. The van der Waals surface area contributed by atoms with E-state index in [1.54, 1.807) is 25.7 Å². The maximum atomic E-state index is 14.1. The maximum absolute atomic E-state index is 14.1. The molecule has 0 aromatic heterocycles. The van der Waals surface area contributed by atoms with E-state index in [0.717, 1.165) is 17.5 Å². The highest BCUT2D eigenvalue weighted by atomic mass is 16.6. The van der Waals surface area contributed by atoms with E-state index < -0.39 is 23.8 Å². The van der Waals surface area contributed by atoms with E-state index in [0.29, 0.717) is 12.8 Å². The highest BCUT2D eigenvalue weighted by Gasteiger charge is 2.40. The van der Waals surface area contributed by atoms with Gasteiger partial charge in [0.2, 0.25) is 11.8 Å². The van der Waals surface area contributed by atoms with Gasteiger partial charge in [-0.15, -0.1) is 0 Å². The second kappa shape index (κ2) is 13.5. The molecule has 0 spiro atoms. The third-order valence-corrected chi connectivity index (χ3v) is 6.13. The van der Waals surface area contributed by atoms with Crippen molar-refractivity contribution in [1.82, 2.24) is 15.5 Å². The molecule has 0 aliphatic heterocycles. The van der Waals surface area contributed by atoms with E-state index in [2.05, 4.69) is 17.6 Å². The number of nitrogens with zero attached hydrogens (tertiary/aromatic N) is 1. The summed E-state index contributed by atoms with van der Waals surface area (Å²) in [5.74, 6) is -0.682. The average Bonchev–Trinajstić information content (AvgIpc) is 2.77. The third-order valence-electron chi connectivity index (χ3n) is 6.13. The first-order chi connectivity index (χ1) is 16.2. The molecule has 1 aromatic carbocycles. The largest absolute Gasteiger partial charge is 0.444 e. The molecule has 1 aromatic rings. The van der Waals surface area contributed by atoms with E-state index in [4.69, 9.17) is 4.74 Å². The Morgan fingerprint density at radius 1 is 0.914 bits per heavy atom. The van der Waals surface area contributed by atoms with E-state index in [9.17, 15) is 14.4 Å². The molecule has 4 unspecified atom stereocenters. The van der Waals surface area contributed by atoms with Crippen molar-refractivity contribution in [2.75, 3.05) is 0 Å². The van der Waals surface area contributed by atoms with Gasteiger partial charge in [-0.05, 0) is 71.4 Å². The van der Waals surface area contributed by atoms with E-state index >= 15 is 0 Å². The fourth-order valence-corrected chi connectivity index (χ4v) is 3.81. The molecule has 3 amide bonds. The molecule has 198 valence electrons. The van der Waals surface area contributed by atoms with Gasteiger partial charge in [0.15, 0.2) is 0 Å². The van der Waals surface area contributed by atoms with Crippen molar-refractivity contribution in [3.8, 4) is 0 Å². The van der Waals surface area contributed by atoms with Crippen molar-refractivity contribution in [2.45, 2.75) is 118 Å². The van der Waals surface area contributed by atoms with Crippen LogP contribution in [0.1, 0.15) is 99.2 Å². The predicted octanol–water partition coefficient (Wildman–Crippen LogP) is 5.38. The molecule has 0 fully saturated rings. The van der Waals surface area contributed by atoms with Gasteiger partial charge in [-0.25, -0.2) is 4.79 Å². The van der Waals surface area contributed by atoms with Gasteiger partial charge in [-0.3, -0.25) is 9.59 Å². The van der Waals surface area contributed by atoms with Gasteiger partial charge in [0.1, 0.15) is 17.7 Å². The van der Waals surface area contributed by atoms with Crippen molar-refractivity contribution in [3.05, 3.63) is 35.4 Å². The number of ether oxygens (including phenoxy) is 1. The maximum Gasteiger partial charge on any atom is 0.408 e. The number of benzene rings is 1. The Bertz CT molecular complexity index is 830. The predicted molar refractivity (Wildman–Crippen MR) is 141 cm³/mol. The quantitative estimate of drug-likeness (QED) is 0.437. The summed E-state index contributed by atoms with van der Waals surface area (Å²) in [6.45, 7) is 19.0. The lowest BCUT2D eigenvalue weighted by Gasteiger charge is -2.39. The standard InChI is InChI=1S/C28H47N3O4/c1-11-19(6)23(30-27(34)35-28(8,9)10)26(33)31(20(7)12-2)24(25(32)29-18(4)5)22-16-14-21(13-3)15-17-22/h14-20,23-24H,11-13H2,1-10H3,(H,29,32)(H,30,34). The molecule has 1 rings (SSSR count). The number of rotatable bonds is 11. The van der Waals surface area contributed by atoms with Crippen LogP contribution in [0, 0.1) is 5.92 Å². The fourth-order valence-electron chi connectivity index (χ4n) is 3.81. The van der Waals surface area contributed by atoms with Crippen LogP contribution in [0.3, 0.4) is 0 Å². The summed E-state index contributed by atoms with van der Waals surface area (Å²) < 4.78 is 5.45. The van der Waals surface area contributed by atoms with E-state index in [1.165, 1.54) is 0 Å². The zero-order chi connectivity index (χ0) is 26.9. The second-order valence-electron chi connectivity index (χ2n) is 10.7. The second-order valence-corrected chi connectivity index (χ2v) is 10.7. The van der Waals surface area contributed by atoms with Crippen molar-refractivity contribution in [3.63, 3.8) is 0 Å². The van der Waals surface area contributed by atoms with E-state index in [1.807, 2.05) is 65.8 Å². The van der Waals surface area contributed by atoms with Crippen LogP contribution in [-0.4, -0.2) is 46.5 Å². The summed E-state index contributed by atoms with van der Waals surface area (Å²) in [5, 5.41) is 5.80. The average molecular weight is 490 g/mol. The van der Waals surface area contributed by atoms with Crippen LogP contribution in [0.5, 0.6) is 0 Å². The molecule has 0 heterocycles. The van der Waals surface area contributed by atoms with E-state index in [-0.39, 0.29) is 29.8 Å². The van der Waals surface area contributed by atoms with Crippen molar-refractivity contribution >= 4 is 17.9 Å². The Balaban J connectivity index is 3.55. The zero-order valence-corrected chi connectivity index (χ0v) is 23.4. The summed E-state index contributed by atoms with van der Waals surface area (Å²) >= 11 is 0. The number of alkyl carbamates (subject to hydrolysis) is 1. The molecular weight excluding hydrogens is 442 g/mol. The summed E-state index contributed by atoms with van der Waals surface area (Å²) in [6.07, 6.45) is 1.57. The number of nitrogens with one attached hydrogen (secondary N) is 2. The molecule has 0 saturated heterocycles. The molecule has 0 radical (unpaired) electrons. The Morgan fingerprint density at radius 2 is 1.49 bits per heavy atom. The number of carbonyl (C=O) groups excluding carboxylic acids is 3. The molecule has 4 atom stereocenters. The summed E-state index contributed by atoms with van der Waals surface area (Å²) in [4.78, 5) is 42.0. The molecule has 7 nitrogen and oxygen atoms in total. The van der Waals surface area contributed by atoms with Gasteiger partial charge in [-0.2, -0.15) is 0 Å². The monoisotopic (exact) mass is 489 g/mol. The zero-order valence-electron chi connectivity index (χ0n) is 23.4. The van der Waals surface area contributed by atoms with Crippen LogP contribution in [0.25, 0.3) is 0 Å². The molecule has 0 bridgehead atoms. The minimum atomic E-state index is -0.826. The SMILES string of the molecule is CCc1ccc(C(C(=O)NC(C)C)N(C(=O)C(NC(=O)OC(C)(C)C)C(C)CC)C(C)CC)cc1. The number of carbonyl (C=O) groups is 3.